The average molecular weight is 519 g/mol. The fourth-order valence-electron chi connectivity index (χ4n) is 4.12. The molecule has 2 atom stereocenters. The molecule has 2 aromatic carbocycles. The maximum Gasteiger partial charge on any atom is 0.251 e. The number of hydrogen-bond donors (Lipinski definition) is 3. The van der Waals surface area contributed by atoms with Crippen molar-refractivity contribution in [1.29, 1.82) is 5.26 Å². The van der Waals surface area contributed by atoms with Gasteiger partial charge in [0.25, 0.3) is 5.91 Å². The van der Waals surface area contributed by atoms with Crippen LogP contribution in [0.2, 0.25) is 0 Å². The van der Waals surface area contributed by atoms with E-state index >= 15 is 0 Å². The zero-order valence-electron chi connectivity index (χ0n) is 23.0. The van der Waals surface area contributed by atoms with E-state index in [1.165, 1.54) is 6.07 Å². The summed E-state index contributed by atoms with van der Waals surface area (Å²) in [5.41, 5.74) is 3.03. The van der Waals surface area contributed by atoms with Crippen molar-refractivity contribution < 1.29 is 19.7 Å². The van der Waals surface area contributed by atoms with Crippen molar-refractivity contribution in [2.45, 2.75) is 65.7 Å². The van der Waals surface area contributed by atoms with Crippen LogP contribution < -0.4 is 10.1 Å². The summed E-state index contributed by atoms with van der Waals surface area (Å²) in [5, 5.41) is 32.7. The van der Waals surface area contributed by atoms with Crippen LogP contribution in [0.5, 0.6) is 5.75 Å². The highest BCUT2D eigenvalue weighted by molar-refractivity contribution is 5.95. The van der Waals surface area contributed by atoms with Crippen LogP contribution in [0.3, 0.4) is 0 Å². The van der Waals surface area contributed by atoms with E-state index in [4.69, 9.17) is 4.74 Å². The number of amides is 1. The Hall–Kier alpha value is -3.67. The van der Waals surface area contributed by atoms with Gasteiger partial charge in [-0.2, -0.15) is 5.26 Å². The molecule has 2 unspecified atom stereocenters. The predicted molar refractivity (Wildman–Crippen MR) is 147 cm³/mol. The largest absolute Gasteiger partial charge is 0.490 e. The van der Waals surface area contributed by atoms with Crippen LogP contribution in [0.15, 0.2) is 48.7 Å². The predicted octanol–water partition coefficient (Wildman–Crippen LogP) is 4.55. The van der Waals surface area contributed by atoms with E-state index in [1.807, 2.05) is 76.7 Å². The van der Waals surface area contributed by atoms with Gasteiger partial charge in [0.05, 0.1) is 17.4 Å². The molecule has 0 saturated carbocycles. The highest BCUT2D eigenvalue weighted by atomic mass is 16.5. The van der Waals surface area contributed by atoms with Gasteiger partial charge in [-0.05, 0) is 55.9 Å². The molecular weight excluding hydrogens is 480 g/mol. The standard InChI is InChI=1S/C30H38N4O4/c1-19(2)38-26-12-11-22(16-23(26)17-31)29(37)32-24(13-14-35)15-20-7-9-21(10-8-20)25-18-34(6)28(33-25)27(36)30(3,4)5/h7-12,16,18-19,24,27,35-36H,13-15H2,1-6H3,(H,32,37). The normalized spacial score (nSPS) is 13.2. The smallest absolute Gasteiger partial charge is 0.251 e. The van der Waals surface area contributed by atoms with Crippen molar-refractivity contribution in [2.24, 2.45) is 12.5 Å². The van der Waals surface area contributed by atoms with Gasteiger partial charge in [-0.1, -0.05) is 45.0 Å². The van der Waals surface area contributed by atoms with E-state index in [0.29, 0.717) is 35.5 Å². The van der Waals surface area contributed by atoms with Crippen molar-refractivity contribution in [3.05, 3.63) is 71.2 Å². The number of hydrogen-bond acceptors (Lipinski definition) is 6. The zero-order valence-corrected chi connectivity index (χ0v) is 23.0. The van der Waals surface area contributed by atoms with Crippen LogP contribution in [-0.4, -0.2) is 44.4 Å². The summed E-state index contributed by atoms with van der Waals surface area (Å²) in [7, 11) is 1.88. The summed E-state index contributed by atoms with van der Waals surface area (Å²) in [6.07, 6.45) is 2.05. The lowest BCUT2D eigenvalue weighted by Crippen LogP contribution is -2.37. The maximum atomic E-state index is 12.9. The van der Waals surface area contributed by atoms with Gasteiger partial charge < -0.3 is 24.8 Å². The van der Waals surface area contributed by atoms with Gasteiger partial charge in [0, 0.05) is 37.0 Å². The number of nitrogens with zero attached hydrogens (tertiary/aromatic N) is 3. The molecule has 0 aliphatic rings. The number of carbonyl (C=O) groups is 1. The quantitative estimate of drug-likeness (QED) is 0.362. The Bertz CT molecular complexity index is 1280. The number of ether oxygens (including phenoxy) is 1. The van der Waals surface area contributed by atoms with Crippen LogP contribution in [0.25, 0.3) is 11.3 Å². The van der Waals surface area contributed by atoms with Crippen molar-refractivity contribution in [3.8, 4) is 23.1 Å². The van der Waals surface area contributed by atoms with Crippen molar-refractivity contribution in [2.75, 3.05) is 6.61 Å². The first-order valence-corrected chi connectivity index (χ1v) is 12.9. The number of benzene rings is 2. The number of aliphatic hydroxyl groups excluding tert-OH is 2. The Morgan fingerprint density at radius 3 is 2.45 bits per heavy atom. The minimum Gasteiger partial charge on any atom is -0.490 e. The van der Waals surface area contributed by atoms with Crippen LogP contribution in [0.4, 0.5) is 0 Å². The summed E-state index contributed by atoms with van der Waals surface area (Å²) in [4.78, 5) is 17.6. The van der Waals surface area contributed by atoms with E-state index in [2.05, 4.69) is 16.4 Å². The van der Waals surface area contributed by atoms with Crippen LogP contribution in [0.1, 0.15) is 74.5 Å². The second kappa shape index (κ2) is 12.2. The number of rotatable bonds is 10. The molecule has 1 amide bonds. The molecule has 0 bridgehead atoms. The third kappa shape index (κ3) is 7.21. The summed E-state index contributed by atoms with van der Waals surface area (Å²) < 4.78 is 7.49. The zero-order chi connectivity index (χ0) is 28.0. The summed E-state index contributed by atoms with van der Waals surface area (Å²) >= 11 is 0. The number of nitriles is 1. The van der Waals surface area contributed by atoms with Gasteiger partial charge in [-0.25, -0.2) is 4.98 Å². The van der Waals surface area contributed by atoms with E-state index in [-0.39, 0.29) is 30.1 Å². The van der Waals surface area contributed by atoms with Gasteiger partial charge in [-0.3, -0.25) is 4.79 Å². The topological polar surface area (TPSA) is 120 Å². The second-order valence-corrected chi connectivity index (χ2v) is 10.9. The average Bonchev–Trinajstić information content (AvgIpc) is 3.24. The molecule has 0 saturated heterocycles. The molecule has 3 rings (SSSR count). The number of nitrogens with one attached hydrogen (secondary N) is 1. The van der Waals surface area contributed by atoms with Gasteiger partial charge in [0.15, 0.2) is 0 Å². The minimum absolute atomic E-state index is 0.0690. The number of aliphatic hydroxyl groups is 2. The molecule has 3 aromatic rings. The lowest BCUT2D eigenvalue weighted by Gasteiger charge is -2.25. The first-order chi connectivity index (χ1) is 17.9. The third-order valence-corrected chi connectivity index (χ3v) is 6.25. The van der Waals surface area contributed by atoms with E-state index in [1.54, 1.807) is 12.1 Å². The van der Waals surface area contributed by atoms with E-state index < -0.39 is 6.10 Å². The SMILES string of the molecule is CC(C)Oc1ccc(C(=O)NC(CCO)Cc2ccc(-c3cn(C)c(C(O)C(C)(C)C)n3)cc2)cc1C#N. The van der Waals surface area contributed by atoms with E-state index in [0.717, 1.165) is 16.8 Å². The van der Waals surface area contributed by atoms with Gasteiger partial charge in [-0.15, -0.1) is 0 Å². The molecule has 38 heavy (non-hydrogen) atoms. The molecule has 8 nitrogen and oxygen atoms in total. The molecule has 202 valence electrons. The first-order valence-electron chi connectivity index (χ1n) is 12.9. The third-order valence-electron chi connectivity index (χ3n) is 6.25. The minimum atomic E-state index is -0.688. The van der Waals surface area contributed by atoms with Crippen LogP contribution >= 0.6 is 0 Å². The highest BCUT2D eigenvalue weighted by Gasteiger charge is 2.28. The Morgan fingerprint density at radius 1 is 1.18 bits per heavy atom. The summed E-state index contributed by atoms with van der Waals surface area (Å²) in [5.74, 6) is 0.746. The lowest BCUT2D eigenvalue weighted by atomic mass is 9.89. The number of carbonyl (C=O) groups excluding carboxylic acids is 1. The number of aromatic nitrogens is 2. The fourth-order valence-corrected chi connectivity index (χ4v) is 4.12. The van der Waals surface area contributed by atoms with Crippen molar-refractivity contribution >= 4 is 5.91 Å². The Balaban J connectivity index is 1.72. The molecule has 0 aliphatic heterocycles. The Morgan fingerprint density at radius 2 is 1.87 bits per heavy atom. The lowest BCUT2D eigenvalue weighted by molar-refractivity contribution is 0.0526. The van der Waals surface area contributed by atoms with Gasteiger partial charge in [0.1, 0.15) is 23.7 Å². The molecule has 1 heterocycles. The summed E-state index contributed by atoms with van der Waals surface area (Å²) in [6, 6.07) is 14.5. The molecule has 0 fully saturated rings. The second-order valence-electron chi connectivity index (χ2n) is 10.9. The summed E-state index contributed by atoms with van der Waals surface area (Å²) in [6.45, 7) is 9.60. The molecule has 8 heteroatoms. The Kier molecular flexibility index (Phi) is 9.31. The Labute approximate surface area is 224 Å². The van der Waals surface area contributed by atoms with Crippen molar-refractivity contribution in [3.63, 3.8) is 0 Å². The van der Waals surface area contributed by atoms with Crippen LogP contribution in [-0.2, 0) is 13.5 Å². The molecule has 3 N–H and O–H groups in total. The highest BCUT2D eigenvalue weighted by Crippen LogP contribution is 2.33. The molecular formula is C30H38N4O4. The fraction of sp³-hybridized carbons (Fsp3) is 0.433. The monoisotopic (exact) mass is 518 g/mol. The van der Waals surface area contributed by atoms with Gasteiger partial charge >= 0.3 is 0 Å². The molecule has 0 spiro atoms. The number of aryl methyl sites for hydroxylation is 1. The van der Waals surface area contributed by atoms with Crippen LogP contribution in [0, 0.1) is 16.7 Å². The first kappa shape index (κ1) is 28.9. The maximum absolute atomic E-state index is 12.9. The van der Waals surface area contributed by atoms with E-state index in [9.17, 15) is 20.3 Å². The van der Waals surface area contributed by atoms with Crippen molar-refractivity contribution in [1.82, 2.24) is 14.9 Å². The molecule has 0 radical (unpaired) electrons. The number of imidazole rings is 1. The van der Waals surface area contributed by atoms with Gasteiger partial charge in [0.2, 0.25) is 0 Å². The molecule has 0 aliphatic carbocycles. The molecule has 1 aromatic heterocycles.